The predicted octanol–water partition coefficient (Wildman–Crippen LogP) is 2.86. The van der Waals surface area contributed by atoms with Gasteiger partial charge in [0.1, 0.15) is 10.7 Å². The summed E-state index contributed by atoms with van der Waals surface area (Å²) in [6.07, 6.45) is 0. The second-order valence-electron chi connectivity index (χ2n) is 5.15. The molecule has 21 heavy (non-hydrogen) atoms. The average Bonchev–Trinajstić information content (AvgIpc) is 2.43. The summed E-state index contributed by atoms with van der Waals surface area (Å²) in [5, 5.41) is 0. The third-order valence-corrected chi connectivity index (χ3v) is 5.07. The molecule has 120 valence electrons. The Balaban J connectivity index is 3.20. The molecule has 0 atom stereocenters. The van der Waals surface area contributed by atoms with Gasteiger partial charge in [-0.1, -0.05) is 19.9 Å². The lowest BCUT2D eigenvalue weighted by molar-refractivity contribution is 0.175. The van der Waals surface area contributed by atoms with Gasteiger partial charge in [-0.25, -0.2) is 12.8 Å². The van der Waals surface area contributed by atoms with Crippen LogP contribution >= 0.6 is 11.6 Å². The van der Waals surface area contributed by atoms with E-state index in [0.717, 1.165) is 6.07 Å². The number of hydrogen-bond donors (Lipinski definition) is 0. The molecule has 4 nitrogen and oxygen atoms in total. The summed E-state index contributed by atoms with van der Waals surface area (Å²) in [6.45, 7) is 4.54. The number of ether oxygens (including phenoxy) is 1. The number of hydrogen-bond acceptors (Lipinski definition) is 3. The second kappa shape index (κ2) is 8.08. The number of alkyl halides is 1. The predicted molar refractivity (Wildman–Crippen MR) is 81.4 cm³/mol. The van der Waals surface area contributed by atoms with E-state index in [0.29, 0.717) is 12.1 Å². The fraction of sp³-hybridized carbons (Fsp3) is 0.571. The van der Waals surface area contributed by atoms with Crippen molar-refractivity contribution < 1.29 is 17.5 Å². The maximum absolute atomic E-state index is 13.9. The highest BCUT2D eigenvalue weighted by Crippen LogP contribution is 2.22. The lowest BCUT2D eigenvalue weighted by atomic mass is 10.2. The topological polar surface area (TPSA) is 46.6 Å². The summed E-state index contributed by atoms with van der Waals surface area (Å²) in [6, 6.07) is 3.90. The molecule has 0 aliphatic carbocycles. The van der Waals surface area contributed by atoms with Crippen molar-refractivity contribution in [2.75, 3.05) is 26.8 Å². The highest BCUT2D eigenvalue weighted by molar-refractivity contribution is 7.89. The van der Waals surface area contributed by atoms with Gasteiger partial charge in [-0.05, 0) is 23.6 Å². The van der Waals surface area contributed by atoms with E-state index < -0.39 is 15.8 Å². The number of benzene rings is 1. The summed E-state index contributed by atoms with van der Waals surface area (Å²) in [7, 11) is -2.42. The molecule has 0 N–H and O–H groups in total. The maximum Gasteiger partial charge on any atom is 0.246 e. The molecule has 0 radical (unpaired) electrons. The van der Waals surface area contributed by atoms with E-state index in [1.807, 2.05) is 13.8 Å². The van der Waals surface area contributed by atoms with Crippen molar-refractivity contribution in [1.29, 1.82) is 0 Å². The van der Waals surface area contributed by atoms with Crippen LogP contribution in [0, 0.1) is 11.7 Å². The first kappa shape index (κ1) is 18.4. The highest BCUT2D eigenvalue weighted by Gasteiger charge is 2.28. The molecule has 0 fully saturated rings. The number of halogens is 2. The Hall–Kier alpha value is -0.690. The van der Waals surface area contributed by atoms with Gasteiger partial charge in [-0.2, -0.15) is 4.31 Å². The van der Waals surface area contributed by atoms with E-state index in [2.05, 4.69) is 0 Å². The minimum atomic E-state index is -3.91. The van der Waals surface area contributed by atoms with Crippen molar-refractivity contribution in [2.24, 2.45) is 5.92 Å². The maximum atomic E-state index is 13.9. The van der Waals surface area contributed by atoms with Gasteiger partial charge in [-0.15, -0.1) is 11.6 Å². The SMILES string of the molecule is COCCN(CC(C)C)S(=O)(=O)c1cc(CCl)ccc1F. The summed E-state index contributed by atoms with van der Waals surface area (Å²) in [5.74, 6) is -0.517. The monoisotopic (exact) mass is 337 g/mol. The summed E-state index contributed by atoms with van der Waals surface area (Å²) in [5.41, 5.74) is 0.563. The Morgan fingerprint density at radius 3 is 2.57 bits per heavy atom. The Morgan fingerprint density at radius 2 is 2.05 bits per heavy atom. The number of rotatable bonds is 8. The molecule has 0 aromatic heterocycles. The Morgan fingerprint density at radius 1 is 1.38 bits per heavy atom. The fourth-order valence-electron chi connectivity index (χ4n) is 1.88. The molecule has 0 saturated heterocycles. The van der Waals surface area contributed by atoms with Crippen molar-refractivity contribution in [3.63, 3.8) is 0 Å². The fourth-order valence-corrected chi connectivity index (χ4v) is 3.75. The molecule has 0 saturated carbocycles. The first-order valence-electron chi connectivity index (χ1n) is 6.66. The number of sulfonamides is 1. The molecule has 0 heterocycles. The summed E-state index contributed by atoms with van der Waals surface area (Å²) < 4.78 is 45.4. The summed E-state index contributed by atoms with van der Waals surface area (Å²) >= 11 is 5.70. The van der Waals surface area contributed by atoms with Crippen LogP contribution in [0.25, 0.3) is 0 Å². The van der Waals surface area contributed by atoms with Gasteiger partial charge < -0.3 is 4.74 Å². The van der Waals surface area contributed by atoms with E-state index in [1.54, 1.807) is 0 Å². The van der Waals surface area contributed by atoms with Gasteiger partial charge in [0.15, 0.2) is 0 Å². The van der Waals surface area contributed by atoms with Crippen molar-refractivity contribution >= 4 is 21.6 Å². The van der Waals surface area contributed by atoms with Crippen molar-refractivity contribution in [2.45, 2.75) is 24.6 Å². The quantitative estimate of drug-likeness (QED) is 0.685. The third-order valence-electron chi connectivity index (χ3n) is 2.88. The lowest BCUT2D eigenvalue weighted by Gasteiger charge is -2.24. The van der Waals surface area contributed by atoms with Crippen LogP contribution < -0.4 is 0 Å². The van der Waals surface area contributed by atoms with Crippen LogP contribution in [0.5, 0.6) is 0 Å². The molecule has 0 aliphatic rings. The molecule has 0 unspecified atom stereocenters. The first-order valence-corrected chi connectivity index (χ1v) is 8.63. The van der Waals surface area contributed by atoms with E-state index in [9.17, 15) is 12.8 Å². The van der Waals surface area contributed by atoms with Gasteiger partial charge in [0, 0.05) is 26.1 Å². The Labute approximate surface area is 130 Å². The first-order chi connectivity index (χ1) is 9.82. The minimum Gasteiger partial charge on any atom is -0.383 e. The number of nitrogens with zero attached hydrogens (tertiary/aromatic N) is 1. The van der Waals surface area contributed by atoms with Crippen LogP contribution in [0.2, 0.25) is 0 Å². The van der Waals surface area contributed by atoms with Gasteiger partial charge in [0.2, 0.25) is 10.0 Å². The van der Waals surface area contributed by atoms with Gasteiger partial charge in [0.25, 0.3) is 0 Å². The molecule has 0 aliphatic heterocycles. The third kappa shape index (κ3) is 4.92. The van der Waals surface area contributed by atoms with E-state index in [4.69, 9.17) is 16.3 Å². The van der Waals surface area contributed by atoms with Gasteiger partial charge in [0.05, 0.1) is 6.61 Å². The molecule has 0 bridgehead atoms. The summed E-state index contributed by atoms with van der Waals surface area (Å²) in [4.78, 5) is -0.336. The largest absolute Gasteiger partial charge is 0.383 e. The smallest absolute Gasteiger partial charge is 0.246 e. The van der Waals surface area contributed by atoms with Crippen LogP contribution in [0.3, 0.4) is 0 Å². The van der Waals surface area contributed by atoms with Gasteiger partial charge in [-0.3, -0.25) is 0 Å². The normalized spacial score (nSPS) is 12.3. The van der Waals surface area contributed by atoms with Crippen molar-refractivity contribution in [3.8, 4) is 0 Å². The molecular formula is C14H21ClFNO3S. The Bertz CT molecular complexity index is 563. The number of methoxy groups -OCH3 is 1. The molecule has 1 aromatic carbocycles. The Kier molecular flexibility index (Phi) is 7.06. The molecular weight excluding hydrogens is 317 g/mol. The molecule has 1 aromatic rings. The second-order valence-corrected chi connectivity index (χ2v) is 7.32. The molecule has 7 heteroatoms. The van der Waals surface area contributed by atoms with Crippen LogP contribution in [-0.4, -0.2) is 39.5 Å². The van der Waals surface area contributed by atoms with Crippen LogP contribution in [0.15, 0.2) is 23.1 Å². The van der Waals surface area contributed by atoms with E-state index >= 15 is 0 Å². The van der Waals surface area contributed by atoms with Gasteiger partial charge >= 0.3 is 0 Å². The van der Waals surface area contributed by atoms with Crippen molar-refractivity contribution in [1.82, 2.24) is 4.31 Å². The standard InChI is InChI=1S/C14H21ClFNO3S/c1-11(2)10-17(6-7-20-3)21(18,19)14-8-12(9-15)4-5-13(14)16/h4-5,8,11H,6-7,9-10H2,1-3H3. The van der Waals surface area contributed by atoms with Crippen LogP contribution in [0.4, 0.5) is 4.39 Å². The zero-order valence-electron chi connectivity index (χ0n) is 12.5. The van der Waals surface area contributed by atoms with Crippen molar-refractivity contribution in [3.05, 3.63) is 29.6 Å². The van der Waals surface area contributed by atoms with Crippen LogP contribution in [-0.2, 0) is 20.6 Å². The zero-order chi connectivity index (χ0) is 16.0. The van der Waals surface area contributed by atoms with Crippen LogP contribution in [0.1, 0.15) is 19.4 Å². The van der Waals surface area contributed by atoms with E-state index in [-0.39, 0.29) is 29.8 Å². The zero-order valence-corrected chi connectivity index (χ0v) is 14.0. The molecule has 0 amide bonds. The lowest BCUT2D eigenvalue weighted by Crippen LogP contribution is -2.37. The minimum absolute atomic E-state index is 0.121. The van der Waals surface area contributed by atoms with E-state index in [1.165, 1.54) is 23.5 Å². The molecule has 1 rings (SSSR count). The highest BCUT2D eigenvalue weighted by atomic mass is 35.5. The average molecular weight is 338 g/mol. The molecule has 0 spiro atoms.